The van der Waals surface area contributed by atoms with Gasteiger partial charge in [-0.2, -0.15) is 0 Å². The highest BCUT2D eigenvalue weighted by molar-refractivity contribution is 5.48. The van der Waals surface area contributed by atoms with E-state index in [1.54, 1.807) is 7.11 Å². The Morgan fingerprint density at radius 2 is 1.29 bits per heavy atom. The van der Waals surface area contributed by atoms with Crippen LogP contribution in [0.2, 0.25) is 0 Å². The molecule has 4 heteroatoms. The van der Waals surface area contributed by atoms with Gasteiger partial charge in [0.2, 0.25) is 0 Å². The molecule has 0 saturated heterocycles. The van der Waals surface area contributed by atoms with Crippen LogP contribution < -0.4 is 20.1 Å². The van der Waals surface area contributed by atoms with Crippen molar-refractivity contribution < 1.29 is 9.47 Å². The van der Waals surface area contributed by atoms with E-state index in [-0.39, 0.29) is 0 Å². The number of rotatable bonds is 10. The van der Waals surface area contributed by atoms with E-state index in [1.165, 1.54) is 0 Å². The quantitative estimate of drug-likeness (QED) is 0.623. The number of hydrogen-bond donors (Lipinski definition) is 2. The summed E-state index contributed by atoms with van der Waals surface area (Å²) in [5, 5.41) is 6.77. The molecule has 0 aromatic heterocycles. The van der Waals surface area contributed by atoms with Crippen LogP contribution in [0.4, 0.5) is 11.4 Å². The van der Waals surface area contributed by atoms with Crippen LogP contribution in [-0.4, -0.2) is 26.8 Å². The van der Waals surface area contributed by atoms with Crippen molar-refractivity contribution in [1.82, 2.24) is 0 Å². The maximum atomic E-state index is 5.72. The highest BCUT2D eigenvalue weighted by atomic mass is 16.5. The highest BCUT2D eigenvalue weighted by Crippen LogP contribution is 2.17. The minimum absolute atomic E-state index is 0.671. The molecule has 0 bridgehead atoms. The summed E-state index contributed by atoms with van der Waals surface area (Å²) >= 11 is 0. The van der Waals surface area contributed by atoms with Gasteiger partial charge in [-0.15, -0.1) is 0 Å². The molecule has 0 radical (unpaired) electrons. The molecule has 0 fully saturated rings. The molecule has 0 aliphatic heterocycles. The maximum absolute atomic E-state index is 5.72. The van der Waals surface area contributed by atoms with Crippen LogP contribution >= 0.6 is 0 Å². The Balaban J connectivity index is 1.66. The van der Waals surface area contributed by atoms with Gasteiger partial charge >= 0.3 is 0 Å². The Hall–Kier alpha value is -2.36. The lowest BCUT2D eigenvalue weighted by Gasteiger charge is -2.11. The van der Waals surface area contributed by atoms with Gasteiger partial charge in [0.15, 0.2) is 0 Å². The lowest BCUT2D eigenvalue weighted by Crippen LogP contribution is -2.13. The first kappa shape index (κ1) is 18.0. The van der Waals surface area contributed by atoms with Crippen LogP contribution in [0, 0.1) is 5.92 Å². The van der Waals surface area contributed by atoms with E-state index >= 15 is 0 Å². The van der Waals surface area contributed by atoms with Crippen LogP contribution in [0.3, 0.4) is 0 Å². The Morgan fingerprint density at radius 3 is 1.75 bits per heavy atom. The van der Waals surface area contributed by atoms with Gasteiger partial charge in [-0.05, 0) is 60.9 Å². The fourth-order valence-electron chi connectivity index (χ4n) is 2.20. The summed E-state index contributed by atoms with van der Waals surface area (Å²) in [6, 6.07) is 16.1. The minimum atomic E-state index is 0.671. The Morgan fingerprint density at radius 1 is 0.792 bits per heavy atom. The smallest absolute Gasteiger partial charge is 0.119 e. The second-order valence-corrected chi connectivity index (χ2v) is 6.14. The molecule has 2 N–H and O–H groups in total. The minimum Gasteiger partial charge on any atom is -0.497 e. The topological polar surface area (TPSA) is 42.5 Å². The number of hydrogen-bond acceptors (Lipinski definition) is 4. The van der Waals surface area contributed by atoms with Gasteiger partial charge in [-0.25, -0.2) is 0 Å². The van der Waals surface area contributed by atoms with E-state index in [4.69, 9.17) is 9.47 Å². The van der Waals surface area contributed by atoms with Crippen molar-refractivity contribution >= 4 is 11.4 Å². The van der Waals surface area contributed by atoms with E-state index in [2.05, 4.69) is 36.6 Å². The Bertz CT molecular complexity index is 580. The van der Waals surface area contributed by atoms with Crippen molar-refractivity contribution in [3.05, 3.63) is 48.5 Å². The lowest BCUT2D eigenvalue weighted by molar-refractivity contribution is 0.289. The Kier molecular flexibility index (Phi) is 7.27. The third kappa shape index (κ3) is 6.41. The van der Waals surface area contributed by atoms with Crippen LogP contribution in [0.25, 0.3) is 0 Å². The first-order valence-electron chi connectivity index (χ1n) is 8.52. The van der Waals surface area contributed by atoms with Gasteiger partial charge in [0.05, 0.1) is 13.7 Å². The van der Waals surface area contributed by atoms with Crippen molar-refractivity contribution in [3.63, 3.8) is 0 Å². The van der Waals surface area contributed by atoms with Crippen molar-refractivity contribution in [1.29, 1.82) is 0 Å². The lowest BCUT2D eigenvalue weighted by atomic mass is 10.1. The summed E-state index contributed by atoms with van der Waals surface area (Å²) in [6.07, 6.45) is 1.08. The van der Waals surface area contributed by atoms with Crippen molar-refractivity contribution in [2.24, 2.45) is 5.92 Å². The zero-order valence-corrected chi connectivity index (χ0v) is 14.8. The predicted molar refractivity (Wildman–Crippen MR) is 101 cm³/mol. The molecule has 2 rings (SSSR count). The molecule has 130 valence electrons. The monoisotopic (exact) mass is 328 g/mol. The van der Waals surface area contributed by atoms with Crippen molar-refractivity contribution in [2.45, 2.75) is 20.3 Å². The molecule has 0 spiro atoms. The average Bonchev–Trinajstić information content (AvgIpc) is 2.60. The molecular formula is C20H28N2O2. The fourth-order valence-corrected chi connectivity index (χ4v) is 2.20. The number of nitrogens with one attached hydrogen (secondary N) is 2. The summed E-state index contributed by atoms with van der Waals surface area (Å²) < 4.78 is 10.9. The Labute approximate surface area is 145 Å². The van der Waals surface area contributed by atoms with Crippen LogP contribution in [0.5, 0.6) is 11.5 Å². The van der Waals surface area contributed by atoms with Crippen LogP contribution in [0.1, 0.15) is 20.3 Å². The summed E-state index contributed by atoms with van der Waals surface area (Å²) in [5.74, 6) is 2.47. The normalized spacial score (nSPS) is 10.5. The molecular weight excluding hydrogens is 300 g/mol. The molecule has 24 heavy (non-hydrogen) atoms. The highest BCUT2D eigenvalue weighted by Gasteiger charge is 1.98. The van der Waals surface area contributed by atoms with Crippen molar-refractivity contribution in [3.8, 4) is 11.5 Å². The molecule has 0 aliphatic rings. The van der Waals surface area contributed by atoms with Gasteiger partial charge in [0.25, 0.3) is 0 Å². The average molecular weight is 328 g/mol. The fraction of sp³-hybridized carbons (Fsp3) is 0.400. The number of benzene rings is 2. The molecule has 0 heterocycles. The standard InChI is InChI=1S/C20H28N2O2/c1-16(2)12-15-24-20-10-6-18(7-11-20)22-14-13-21-17-4-8-19(23-3)9-5-17/h4-11,16,21-22H,12-15H2,1-3H3. The molecule has 0 aliphatic carbocycles. The van der Waals surface area contributed by atoms with Gasteiger partial charge in [-0.1, -0.05) is 13.8 Å². The van der Waals surface area contributed by atoms with E-state index < -0.39 is 0 Å². The first-order chi connectivity index (χ1) is 11.7. The zero-order chi connectivity index (χ0) is 17.2. The molecule has 4 nitrogen and oxygen atoms in total. The second kappa shape index (κ2) is 9.71. The van der Waals surface area contributed by atoms with Gasteiger partial charge in [0.1, 0.15) is 11.5 Å². The SMILES string of the molecule is COc1ccc(NCCNc2ccc(OCCC(C)C)cc2)cc1. The summed E-state index contributed by atoms with van der Waals surface area (Å²) in [5.41, 5.74) is 2.19. The summed E-state index contributed by atoms with van der Waals surface area (Å²) in [6.45, 7) is 6.88. The third-order valence-corrected chi connectivity index (χ3v) is 3.69. The van der Waals surface area contributed by atoms with E-state index in [0.29, 0.717) is 5.92 Å². The third-order valence-electron chi connectivity index (χ3n) is 3.69. The number of anilines is 2. The van der Waals surface area contributed by atoms with Gasteiger partial charge < -0.3 is 20.1 Å². The molecule has 0 atom stereocenters. The van der Waals surface area contributed by atoms with Crippen LogP contribution in [-0.2, 0) is 0 Å². The molecule has 2 aromatic rings. The second-order valence-electron chi connectivity index (χ2n) is 6.14. The maximum Gasteiger partial charge on any atom is 0.119 e. The predicted octanol–water partition coefficient (Wildman–Crippen LogP) is 4.64. The van der Waals surface area contributed by atoms with E-state index in [0.717, 1.165) is 49.0 Å². The van der Waals surface area contributed by atoms with Crippen molar-refractivity contribution in [2.75, 3.05) is 37.4 Å². The van der Waals surface area contributed by atoms with Gasteiger partial charge in [0, 0.05) is 24.5 Å². The van der Waals surface area contributed by atoms with Gasteiger partial charge in [-0.3, -0.25) is 0 Å². The molecule has 0 amide bonds. The molecule has 0 unspecified atom stereocenters. The summed E-state index contributed by atoms with van der Waals surface area (Å²) in [7, 11) is 1.67. The van der Waals surface area contributed by atoms with Crippen LogP contribution in [0.15, 0.2) is 48.5 Å². The first-order valence-corrected chi connectivity index (χ1v) is 8.52. The molecule has 0 saturated carbocycles. The summed E-state index contributed by atoms with van der Waals surface area (Å²) in [4.78, 5) is 0. The number of methoxy groups -OCH3 is 1. The molecule has 2 aromatic carbocycles. The zero-order valence-electron chi connectivity index (χ0n) is 14.8. The van der Waals surface area contributed by atoms with E-state index in [1.807, 2.05) is 36.4 Å². The van der Waals surface area contributed by atoms with E-state index in [9.17, 15) is 0 Å². The number of ether oxygens (including phenoxy) is 2. The largest absolute Gasteiger partial charge is 0.497 e.